The standard InChI is InChI=1S/C10H7ClN2O3S/c11-9-8(15)10(13-17-12-9)16-7-3-1-6(5-14)2-4-7/h1-4,14H,5H2. The number of hydrogen-bond donors (Lipinski definition) is 1. The summed E-state index contributed by atoms with van der Waals surface area (Å²) in [6.07, 6.45) is 0. The van der Waals surface area contributed by atoms with Crippen molar-refractivity contribution in [2.24, 2.45) is 0 Å². The van der Waals surface area contributed by atoms with E-state index in [1.54, 1.807) is 24.3 Å². The van der Waals surface area contributed by atoms with Gasteiger partial charge in [-0.15, -0.1) is 4.37 Å². The van der Waals surface area contributed by atoms with Crippen LogP contribution in [0.4, 0.5) is 0 Å². The lowest BCUT2D eigenvalue weighted by molar-refractivity contribution is 0.281. The van der Waals surface area contributed by atoms with Crippen LogP contribution in [-0.2, 0) is 6.61 Å². The van der Waals surface area contributed by atoms with Crippen molar-refractivity contribution in [3.8, 4) is 11.6 Å². The second-order valence-corrected chi connectivity index (χ2v) is 3.98. The van der Waals surface area contributed by atoms with Crippen molar-refractivity contribution in [1.82, 2.24) is 8.75 Å². The maximum atomic E-state index is 11.5. The van der Waals surface area contributed by atoms with Crippen LogP contribution in [0.5, 0.6) is 11.6 Å². The lowest BCUT2D eigenvalue weighted by Crippen LogP contribution is -2.07. The topological polar surface area (TPSA) is 72.3 Å². The summed E-state index contributed by atoms with van der Waals surface area (Å²) in [6, 6.07) is 6.63. The minimum absolute atomic E-state index is 0.0471. The highest BCUT2D eigenvalue weighted by Crippen LogP contribution is 2.18. The molecule has 0 amide bonds. The van der Waals surface area contributed by atoms with E-state index < -0.39 is 5.43 Å². The summed E-state index contributed by atoms with van der Waals surface area (Å²) in [6.45, 7) is -0.0471. The van der Waals surface area contributed by atoms with Crippen molar-refractivity contribution in [3.05, 3.63) is 45.2 Å². The van der Waals surface area contributed by atoms with Gasteiger partial charge in [0.15, 0.2) is 5.15 Å². The fourth-order valence-corrected chi connectivity index (χ4v) is 1.67. The van der Waals surface area contributed by atoms with Crippen LogP contribution in [0.25, 0.3) is 0 Å². The third-order valence-corrected chi connectivity index (χ3v) is 2.81. The van der Waals surface area contributed by atoms with Gasteiger partial charge >= 0.3 is 0 Å². The summed E-state index contributed by atoms with van der Waals surface area (Å²) < 4.78 is 12.6. The van der Waals surface area contributed by atoms with E-state index in [1.165, 1.54) is 0 Å². The molecule has 17 heavy (non-hydrogen) atoms. The number of ether oxygens (including phenoxy) is 1. The van der Waals surface area contributed by atoms with E-state index in [4.69, 9.17) is 21.4 Å². The monoisotopic (exact) mass is 270 g/mol. The first-order valence-electron chi connectivity index (χ1n) is 4.60. The highest BCUT2D eigenvalue weighted by atomic mass is 35.5. The van der Waals surface area contributed by atoms with Gasteiger partial charge in [0.25, 0.3) is 11.3 Å². The number of aliphatic hydroxyl groups is 1. The molecule has 1 N–H and O–H groups in total. The summed E-state index contributed by atoms with van der Waals surface area (Å²) >= 11 is 6.36. The van der Waals surface area contributed by atoms with Gasteiger partial charge in [0.2, 0.25) is 0 Å². The number of benzene rings is 1. The maximum Gasteiger partial charge on any atom is 0.283 e. The first-order chi connectivity index (χ1) is 8.20. The van der Waals surface area contributed by atoms with Gasteiger partial charge in [-0.3, -0.25) is 4.79 Å². The van der Waals surface area contributed by atoms with Gasteiger partial charge in [0, 0.05) is 0 Å². The van der Waals surface area contributed by atoms with E-state index in [0.29, 0.717) is 5.75 Å². The Morgan fingerprint density at radius 1 is 1.29 bits per heavy atom. The molecule has 0 radical (unpaired) electrons. The van der Waals surface area contributed by atoms with Crippen LogP contribution < -0.4 is 10.2 Å². The summed E-state index contributed by atoms with van der Waals surface area (Å²) in [5.74, 6) is 0.341. The Bertz CT molecular complexity index is 571. The zero-order chi connectivity index (χ0) is 12.3. The van der Waals surface area contributed by atoms with Gasteiger partial charge in [-0.1, -0.05) is 23.7 Å². The molecule has 0 aliphatic carbocycles. The molecule has 0 spiro atoms. The summed E-state index contributed by atoms with van der Waals surface area (Å²) in [4.78, 5) is 11.5. The van der Waals surface area contributed by atoms with Crippen molar-refractivity contribution < 1.29 is 9.84 Å². The highest BCUT2D eigenvalue weighted by Gasteiger charge is 2.08. The third-order valence-electron chi connectivity index (χ3n) is 1.95. The zero-order valence-electron chi connectivity index (χ0n) is 8.46. The number of hydrogen-bond acceptors (Lipinski definition) is 6. The maximum absolute atomic E-state index is 11.5. The number of aliphatic hydroxyl groups excluding tert-OH is 1. The molecular weight excluding hydrogens is 264 g/mol. The van der Waals surface area contributed by atoms with Crippen LogP contribution in [0.15, 0.2) is 29.1 Å². The molecule has 1 aromatic heterocycles. The average Bonchev–Trinajstić information content (AvgIpc) is 2.36. The summed E-state index contributed by atoms with van der Waals surface area (Å²) in [5, 5.41) is 8.71. The normalized spacial score (nSPS) is 10.2. The Morgan fingerprint density at radius 3 is 2.65 bits per heavy atom. The molecule has 88 valence electrons. The smallest absolute Gasteiger partial charge is 0.283 e. The van der Waals surface area contributed by atoms with Crippen molar-refractivity contribution in [1.29, 1.82) is 0 Å². The summed E-state index contributed by atoms with van der Waals surface area (Å²) in [7, 11) is 0. The zero-order valence-corrected chi connectivity index (χ0v) is 10.0. The molecule has 1 aromatic carbocycles. The van der Waals surface area contributed by atoms with Gasteiger partial charge in [0.1, 0.15) is 5.75 Å². The molecule has 0 fully saturated rings. The van der Waals surface area contributed by atoms with Crippen LogP contribution >= 0.6 is 23.3 Å². The number of rotatable bonds is 3. The van der Waals surface area contributed by atoms with Gasteiger partial charge in [-0.25, -0.2) is 0 Å². The van der Waals surface area contributed by atoms with Crippen LogP contribution in [0.1, 0.15) is 5.56 Å². The second-order valence-electron chi connectivity index (χ2n) is 3.09. The predicted molar refractivity (Wildman–Crippen MR) is 63.6 cm³/mol. The van der Waals surface area contributed by atoms with Crippen molar-refractivity contribution in [3.63, 3.8) is 0 Å². The molecule has 0 bridgehead atoms. The highest BCUT2D eigenvalue weighted by molar-refractivity contribution is 6.99. The molecule has 5 nitrogen and oxygen atoms in total. The summed E-state index contributed by atoms with van der Waals surface area (Å²) in [5.41, 5.74) is 0.208. The van der Waals surface area contributed by atoms with E-state index >= 15 is 0 Å². The molecule has 7 heteroatoms. The predicted octanol–water partition coefficient (Wildman–Crippen LogP) is 1.84. The van der Waals surface area contributed by atoms with Crippen LogP contribution in [-0.4, -0.2) is 13.9 Å². The van der Waals surface area contributed by atoms with E-state index in [-0.39, 0.29) is 17.6 Å². The Kier molecular flexibility index (Phi) is 3.68. The fraction of sp³-hybridized carbons (Fsp3) is 0.100. The van der Waals surface area contributed by atoms with E-state index in [9.17, 15) is 4.79 Å². The molecule has 0 saturated heterocycles. The first kappa shape index (κ1) is 12.0. The molecule has 2 rings (SSSR count). The number of aromatic nitrogens is 2. The molecule has 0 atom stereocenters. The molecule has 1 heterocycles. The van der Waals surface area contributed by atoms with Crippen LogP contribution in [0.2, 0.25) is 5.15 Å². The van der Waals surface area contributed by atoms with Crippen molar-refractivity contribution in [2.75, 3.05) is 0 Å². The second kappa shape index (κ2) is 5.22. The number of nitrogens with zero attached hydrogens (tertiary/aromatic N) is 2. The molecular formula is C10H7ClN2O3S. The van der Waals surface area contributed by atoms with Crippen LogP contribution in [0, 0.1) is 0 Å². The lowest BCUT2D eigenvalue weighted by atomic mass is 10.2. The van der Waals surface area contributed by atoms with E-state index in [0.717, 1.165) is 17.3 Å². The third kappa shape index (κ3) is 2.79. The fourth-order valence-electron chi connectivity index (χ4n) is 1.10. The SMILES string of the molecule is O=c1c(Cl)nsnc1Oc1ccc(CO)cc1. The molecule has 0 aliphatic heterocycles. The minimum Gasteiger partial charge on any atom is -0.435 e. The molecule has 2 aromatic rings. The Balaban J connectivity index is 2.25. The molecule has 0 unspecified atom stereocenters. The van der Waals surface area contributed by atoms with Gasteiger partial charge in [-0.2, -0.15) is 4.37 Å². The minimum atomic E-state index is -0.545. The van der Waals surface area contributed by atoms with Crippen molar-refractivity contribution in [2.45, 2.75) is 6.61 Å². The largest absolute Gasteiger partial charge is 0.435 e. The van der Waals surface area contributed by atoms with Gasteiger partial charge in [-0.05, 0) is 17.7 Å². The first-order valence-corrected chi connectivity index (χ1v) is 5.71. The van der Waals surface area contributed by atoms with E-state index in [2.05, 4.69) is 8.75 Å². The lowest BCUT2D eigenvalue weighted by Gasteiger charge is -2.03. The Morgan fingerprint density at radius 2 is 2.00 bits per heavy atom. The average molecular weight is 271 g/mol. The van der Waals surface area contributed by atoms with E-state index in [1.807, 2.05) is 0 Å². The van der Waals surface area contributed by atoms with Gasteiger partial charge in [0.05, 0.1) is 18.3 Å². The molecule has 0 aliphatic rings. The van der Waals surface area contributed by atoms with Crippen molar-refractivity contribution >= 4 is 23.3 Å². The number of halogens is 1. The Labute approximate surface area is 106 Å². The molecule has 0 saturated carbocycles. The van der Waals surface area contributed by atoms with Gasteiger partial charge < -0.3 is 9.84 Å². The Hall–Kier alpha value is -1.50. The van der Waals surface area contributed by atoms with Crippen LogP contribution in [0.3, 0.4) is 0 Å². The quantitative estimate of drug-likeness (QED) is 0.921.